The van der Waals surface area contributed by atoms with Crippen molar-refractivity contribution in [3.63, 3.8) is 0 Å². The molecule has 0 spiro atoms. The van der Waals surface area contributed by atoms with Gasteiger partial charge in [-0.2, -0.15) is 13.2 Å². The van der Waals surface area contributed by atoms with Crippen molar-refractivity contribution in [1.29, 1.82) is 0 Å². The molecule has 1 atom stereocenters. The van der Waals surface area contributed by atoms with Gasteiger partial charge in [-0.1, -0.05) is 20.8 Å². The molecule has 0 radical (unpaired) electrons. The Morgan fingerprint density at radius 1 is 1.29 bits per heavy atom. The molecule has 0 amide bonds. The van der Waals surface area contributed by atoms with Crippen LogP contribution in [0.3, 0.4) is 0 Å². The highest BCUT2D eigenvalue weighted by atomic mass is 19.4. The topological polar surface area (TPSA) is 37.8 Å². The predicted octanol–water partition coefficient (Wildman–Crippen LogP) is 3.20. The van der Waals surface area contributed by atoms with E-state index in [4.69, 9.17) is 0 Å². The van der Waals surface area contributed by atoms with Gasteiger partial charge in [0.15, 0.2) is 0 Å². The van der Waals surface area contributed by atoms with Gasteiger partial charge in [0.1, 0.15) is 5.69 Å². The molecule has 17 heavy (non-hydrogen) atoms. The van der Waals surface area contributed by atoms with Gasteiger partial charge in [-0.25, -0.2) is 9.97 Å². The molecule has 0 aliphatic heterocycles. The Hall–Kier alpha value is -1.33. The lowest BCUT2D eigenvalue weighted by molar-refractivity contribution is -0.141. The van der Waals surface area contributed by atoms with Crippen LogP contribution in [0.1, 0.15) is 26.5 Å². The fraction of sp³-hybridized carbons (Fsp3) is 0.636. The molecule has 0 saturated heterocycles. The summed E-state index contributed by atoms with van der Waals surface area (Å²) in [7, 11) is 0. The third-order valence-electron chi connectivity index (χ3n) is 2.67. The van der Waals surface area contributed by atoms with E-state index in [9.17, 15) is 13.2 Å². The Kier molecular flexibility index (Phi) is 4.31. The fourth-order valence-electron chi connectivity index (χ4n) is 1.09. The first-order valence-corrected chi connectivity index (χ1v) is 5.45. The van der Waals surface area contributed by atoms with Crippen LogP contribution in [0.5, 0.6) is 0 Å². The number of aromatic nitrogens is 2. The maximum atomic E-state index is 12.4. The Morgan fingerprint density at radius 2 is 1.94 bits per heavy atom. The molecule has 0 aromatic carbocycles. The molecule has 0 bridgehead atoms. The molecule has 3 nitrogen and oxygen atoms in total. The molecule has 1 rings (SSSR count). The van der Waals surface area contributed by atoms with E-state index in [0.29, 0.717) is 18.4 Å². The van der Waals surface area contributed by atoms with E-state index >= 15 is 0 Å². The standard InChI is InChI=1S/C11H16F3N3/c1-7(2)8(3)6-16-10-15-5-4-9(17-10)11(12,13)14/h4-5,7-8H,6H2,1-3H3,(H,15,16,17). The number of hydrogen-bond acceptors (Lipinski definition) is 3. The van der Waals surface area contributed by atoms with Crippen LogP contribution in [-0.2, 0) is 6.18 Å². The largest absolute Gasteiger partial charge is 0.433 e. The molecule has 0 aliphatic rings. The van der Waals surface area contributed by atoms with Gasteiger partial charge < -0.3 is 5.32 Å². The average Bonchev–Trinajstić information content (AvgIpc) is 2.25. The molecule has 1 aromatic heterocycles. The van der Waals surface area contributed by atoms with Gasteiger partial charge in [0.05, 0.1) is 0 Å². The number of rotatable bonds is 4. The monoisotopic (exact) mass is 247 g/mol. The first kappa shape index (κ1) is 13.7. The highest BCUT2D eigenvalue weighted by Gasteiger charge is 2.32. The van der Waals surface area contributed by atoms with Crippen LogP contribution in [0.4, 0.5) is 19.1 Å². The zero-order chi connectivity index (χ0) is 13.1. The molecule has 1 aromatic rings. The van der Waals surface area contributed by atoms with Crippen molar-refractivity contribution in [2.45, 2.75) is 26.9 Å². The summed E-state index contributed by atoms with van der Waals surface area (Å²) in [6, 6.07) is 0.858. The zero-order valence-electron chi connectivity index (χ0n) is 10.0. The second-order valence-electron chi connectivity index (χ2n) is 4.37. The van der Waals surface area contributed by atoms with Crippen LogP contribution in [0.15, 0.2) is 12.3 Å². The van der Waals surface area contributed by atoms with Crippen molar-refractivity contribution < 1.29 is 13.2 Å². The first-order valence-electron chi connectivity index (χ1n) is 5.45. The van der Waals surface area contributed by atoms with Gasteiger partial charge in [-0.05, 0) is 17.9 Å². The van der Waals surface area contributed by atoms with E-state index in [0.717, 1.165) is 12.3 Å². The molecule has 96 valence electrons. The lowest BCUT2D eigenvalue weighted by atomic mass is 9.98. The summed E-state index contributed by atoms with van der Waals surface area (Å²) >= 11 is 0. The van der Waals surface area contributed by atoms with Crippen LogP contribution in [0.2, 0.25) is 0 Å². The molecule has 0 aliphatic carbocycles. The maximum absolute atomic E-state index is 12.4. The summed E-state index contributed by atoms with van der Waals surface area (Å²) in [5, 5.41) is 2.82. The zero-order valence-corrected chi connectivity index (χ0v) is 10.0. The molecular formula is C11H16F3N3. The smallest absolute Gasteiger partial charge is 0.354 e. The normalized spacial score (nSPS) is 13.8. The number of halogens is 3. The Morgan fingerprint density at radius 3 is 2.47 bits per heavy atom. The molecular weight excluding hydrogens is 231 g/mol. The highest BCUT2D eigenvalue weighted by Crippen LogP contribution is 2.27. The second kappa shape index (κ2) is 5.33. The van der Waals surface area contributed by atoms with Gasteiger partial charge in [-0.3, -0.25) is 0 Å². The molecule has 1 N–H and O–H groups in total. The van der Waals surface area contributed by atoms with E-state index in [1.54, 1.807) is 0 Å². The fourth-order valence-corrected chi connectivity index (χ4v) is 1.09. The van der Waals surface area contributed by atoms with Gasteiger partial charge >= 0.3 is 6.18 Å². The third kappa shape index (κ3) is 4.20. The Bertz CT molecular complexity index is 363. The van der Waals surface area contributed by atoms with E-state index in [2.05, 4.69) is 29.1 Å². The molecule has 1 heterocycles. The minimum atomic E-state index is -4.43. The number of alkyl halides is 3. The Balaban J connectivity index is 2.67. The number of hydrogen-bond donors (Lipinski definition) is 1. The lowest BCUT2D eigenvalue weighted by Crippen LogP contribution is -2.18. The minimum Gasteiger partial charge on any atom is -0.354 e. The second-order valence-corrected chi connectivity index (χ2v) is 4.37. The molecule has 0 fully saturated rings. The van der Waals surface area contributed by atoms with Crippen molar-refractivity contribution in [2.24, 2.45) is 11.8 Å². The molecule has 1 unspecified atom stereocenters. The molecule has 6 heteroatoms. The maximum Gasteiger partial charge on any atom is 0.433 e. The van der Waals surface area contributed by atoms with E-state index in [1.807, 2.05) is 6.92 Å². The summed E-state index contributed by atoms with van der Waals surface area (Å²) in [6.45, 7) is 6.68. The summed E-state index contributed by atoms with van der Waals surface area (Å²) in [5.74, 6) is 0.814. The van der Waals surface area contributed by atoms with E-state index in [1.165, 1.54) is 0 Å². The molecule has 0 saturated carbocycles. The number of nitrogens with one attached hydrogen (secondary N) is 1. The van der Waals surface area contributed by atoms with Gasteiger partial charge in [0.2, 0.25) is 5.95 Å². The van der Waals surface area contributed by atoms with Gasteiger partial charge in [0.25, 0.3) is 0 Å². The average molecular weight is 247 g/mol. The quantitative estimate of drug-likeness (QED) is 0.887. The van der Waals surface area contributed by atoms with E-state index in [-0.39, 0.29) is 5.95 Å². The Labute approximate surface area is 98.5 Å². The van der Waals surface area contributed by atoms with Crippen LogP contribution < -0.4 is 5.32 Å². The van der Waals surface area contributed by atoms with Gasteiger partial charge in [-0.15, -0.1) is 0 Å². The summed E-state index contributed by atoms with van der Waals surface area (Å²) in [4.78, 5) is 7.19. The van der Waals surface area contributed by atoms with Gasteiger partial charge in [0, 0.05) is 12.7 Å². The SMILES string of the molecule is CC(C)C(C)CNc1nccc(C(F)(F)F)n1. The van der Waals surface area contributed by atoms with Crippen LogP contribution >= 0.6 is 0 Å². The third-order valence-corrected chi connectivity index (χ3v) is 2.67. The van der Waals surface area contributed by atoms with Crippen LogP contribution in [0, 0.1) is 11.8 Å². The number of nitrogens with zero attached hydrogens (tertiary/aromatic N) is 2. The summed E-state index contributed by atoms with van der Waals surface area (Å²) in [5.41, 5.74) is -0.924. The van der Waals surface area contributed by atoms with E-state index < -0.39 is 11.9 Å². The van der Waals surface area contributed by atoms with Crippen LogP contribution in [0.25, 0.3) is 0 Å². The summed E-state index contributed by atoms with van der Waals surface area (Å²) in [6.07, 6.45) is -3.32. The summed E-state index contributed by atoms with van der Waals surface area (Å²) < 4.78 is 37.1. The lowest BCUT2D eigenvalue weighted by Gasteiger charge is -2.16. The van der Waals surface area contributed by atoms with Crippen molar-refractivity contribution in [3.8, 4) is 0 Å². The minimum absolute atomic E-state index is 0.0207. The first-order chi connectivity index (χ1) is 7.80. The van der Waals surface area contributed by atoms with Crippen molar-refractivity contribution in [3.05, 3.63) is 18.0 Å². The van der Waals surface area contributed by atoms with Crippen molar-refractivity contribution >= 4 is 5.95 Å². The van der Waals surface area contributed by atoms with Crippen molar-refractivity contribution in [1.82, 2.24) is 9.97 Å². The van der Waals surface area contributed by atoms with Crippen molar-refractivity contribution in [2.75, 3.05) is 11.9 Å². The predicted molar refractivity (Wildman–Crippen MR) is 59.5 cm³/mol. The highest BCUT2D eigenvalue weighted by molar-refractivity contribution is 5.25. The number of anilines is 1. The van der Waals surface area contributed by atoms with Crippen LogP contribution in [-0.4, -0.2) is 16.5 Å².